The Bertz CT molecular complexity index is 1300. The van der Waals surface area contributed by atoms with Crippen LogP contribution in [0.15, 0.2) is 76.5 Å². The van der Waals surface area contributed by atoms with Crippen molar-refractivity contribution in [2.45, 2.75) is 34.7 Å². The third-order valence-electron chi connectivity index (χ3n) is 5.07. The molecule has 5 nitrogen and oxygen atoms in total. The van der Waals surface area contributed by atoms with Crippen LogP contribution >= 0.6 is 11.8 Å². The second-order valence-electron chi connectivity index (χ2n) is 7.50. The number of amides is 1. The first kappa shape index (κ1) is 20.6. The van der Waals surface area contributed by atoms with Gasteiger partial charge in [-0.3, -0.25) is 4.79 Å². The molecule has 0 unspecified atom stereocenters. The first-order chi connectivity index (χ1) is 15.4. The molecule has 5 rings (SSSR count). The number of anilines is 1. The molecule has 32 heavy (non-hydrogen) atoms. The van der Waals surface area contributed by atoms with E-state index in [1.54, 1.807) is 12.1 Å². The van der Waals surface area contributed by atoms with Gasteiger partial charge in [0.25, 0.3) is 5.91 Å². The van der Waals surface area contributed by atoms with Gasteiger partial charge in [-0.1, -0.05) is 42.1 Å². The molecule has 4 aromatic rings. The van der Waals surface area contributed by atoms with E-state index in [9.17, 15) is 18.0 Å². The van der Waals surface area contributed by atoms with E-state index in [-0.39, 0.29) is 17.3 Å². The predicted molar refractivity (Wildman–Crippen MR) is 115 cm³/mol. The Morgan fingerprint density at radius 2 is 1.75 bits per heavy atom. The van der Waals surface area contributed by atoms with Crippen molar-refractivity contribution in [2.75, 3.05) is 5.32 Å². The quantitative estimate of drug-likeness (QED) is 0.400. The van der Waals surface area contributed by atoms with Crippen molar-refractivity contribution in [3.05, 3.63) is 83.8 Å². The van der Waals surface area contributed by atoms with Crippen molar-refractivity contribution in [3.8, 4) is 0 Å². The molecule has 0 saturated heterocycles. The number of hydrogen-bond acceptors (Lipinski definition) is 4. The lowest BCUT2D eigenvalue weighted by Gasteiger charge is -2.10. The Morgan fingerprint density at radius 1 is 1.03 bits per heavy atom. The number of halogens is 3. The van der Waals surface area contributed by atoms with Crippen LogP contribution in [0.1, 0.15) is 40.6 Å². The zero-order valence-corrected chi connectivity index (χ0v) is 17.5. The molecule has 2 aromatic heterocycles. The van der Waals surface area contributed by atoms with E-state index in [0.29, 0.717) is 15.9 Å². The van der Waals surface area contributed by atoms with Gasteiger partial charge in [0.05, 0.1) is 5.69 Å². The fraction of sp³-hybridized carbons (Fsp3) is 0.174. The summed E-state index contributed by atoms with van der Waals surface area (Å²) >= 11 is 1.47. The third kappa shape index (κ3) is 4.20. The predicted octanol–water partition coefficient (Wildman–Crippen LogP) is 6.03. The number of benzene rings is 2. The van der Waals surface area contributed by atoms with Crippen molar-refractivity contribution >= 4 is 29.0 Å². The molecule has 0 atom stereocenters. The SMILES string of the molecule is O=C(Nc1ccccc1Sc1ccccc1)c1cc2nc(C3CC3)cc(C(F)(F)F)n2n1. The number of fused-ring (bicyclic) bond motifs is 1. The Morgan fingerprint density at radius 3 is 2.47 bits per heavy atom. The van der Waals surface area contributed by atoms with E-state index in [2.05, 4.69) is 15.4 Å². The van der Waals surface area contributed by atoms with E-state index in [1.807, 2.05) is 42.5 Å². The van der Waals surface area contributed by atoms with E-state index in [0.717, 1.165) is 28.7 Å². The monoisotopic (exact) mass is 454 g/mol. The maximum atomic E-state index is 13.6. The smallest absolute Gasteiger partial charge is 0.320 e. The summed E-state index contributed by atoms with van der Waals surface area (Å²) in [7, 11) is 0. The van der Waals surface area contributed by atoms with Gasteiger partial charge in [0, 0.05) is 27.5 Å². The minimum atomic E-state index is -4.61. The number of rotatable bonds is 5. The topological polar surface area (TPSA) is 59.3 Å². The van der Waals surface area contributed by atoms with E-state index in [1.165, 1.54) is 17.8 Å². The average Bonchev–Trinajstić information content (AvgIpc) is 3.53. The number of nitrogens with zero attached hydrogens (tertiary/aromatic N) is 3. The highest BCUT2D eigenvalue weighted by molar-refractivity contribution is 7.99. The first-order valence-electron chi connectivity index (χ1n) is 10.00. The number of nitrogens with one attached hydrogen (secondary N) is 1. The summed E-state index contributed by atoms with van der Waals surface area (Å²) < 4.78 is 41.5. The van der Waals surface area contributed by atoms with E-state index in [4.69, 9.17) is 0 Å². The highest BCUT2D eigenvalue weighted by atomic mass is 32.2. The molecule has 2 heterocycles. The second-order valence-corrected chi connectivity index (χ2v) is 8.62. The van der Waals surface area contributed by atoms with Crippen LogP contribution in [0.5, 0.6) is 0 Å². The van der Waals surface area contributed by atoms with E-state index < -0.39 is 17.8 Å². The molecule has 0 bridgehead atoms. The van der Waals surface area contributed by atoms with Gasteiger partial charge in [-0.2, -0.15) is 18.3 Å². The molecule has 1 amide bonds. The van der Waals surface area contributed by atoms with Crippen molar-refractivity contribution in [2.24, 2.45) is 0 Å². The molecular formula is C23H17F3N4OS. The average molecular weight is 454 g/mol. The Kier molecular flexibility index (Phi) is 5.13. The summed E-state index contributed by atoms with van der Waals surface area (Å²) in [6, 6.07) is 19.2. The number of alkyl halides is 3. The molecular weight excluding hydrogens is 437 g/mol. The van der Waals surface area contributed by atoms with Crippen molar-refractivity contribution < 1.29 is 18.0 Å². The van der Waals surface area contributed by atoms with E-state index >= 15 is 0 Å². The molecule has 1 fully saturated rings. The van der Waals surface area contributed by atoms with Crippen LogP contribution in [0.3, 0.4) is 0 Å². The summed E-state index contributed by atoms with van der Waals surface area (Å²) in [5.41, 5.74) is -0.106. The van der Waals surface area contributed by atoms with Crippen LogP contribution in [-0.2, 0) is 6.18 Å². The zero-order chi connectivity index (χ0) is 22.3. The summed E-state index contributed by atoms with van der Waals surface area (Å²) in [5, 5.41) is 6.70. The molecule has 0 radical (unpaired) electrons. The van der Waals surface area contributed by atoms with Crippen LogP contribution in [0.2, 0.25) is 0 Å². The molecule has 1 aliphatic carbocycles. The third-order valence-corrected chi connectivity index (χ3v) is 6.16. The van der Waals surface area contributed by atoms with Crippen molar-refractivity contribution in [3.63, 3.8) is 0 Å². The van der Waals surface area contributed by atoms with Crippen LogP contribution in [0, 0.1) is 0 Å². The van der Waals surface area contributed by atoms with Crippen LogP contribution in [0.4, 0.5) is 18.9 Å². The van der Waals surface area contributed by atoms with Gasteiger partial charge in [0.1, 0.15) is 5.69 Å². The Balaban J connectivity index is 1.46. The van der Waals surface area contributed by atoms with Gasteiger partial charge in [0.15, 0.2) is 11.3 Å². The highest BCUT2D eigenvalue weighted by Crippen LogP contribution is 2.41. The van der Waals surface area contributed by atoms with Gasteiger partial charge in [-0.05, 0) is 43.2 Å². The minimum Gasteiger partial charge on any atom is -0.320 e. The maximum absolute atomic E-state index is 13.6. The minimum absolute atomic E-state index is 0.0128. The number of hydrogen-bond donors (Lipinski definition) is 1. The molecule has 0 spiro atoms. The lowest BCUT2D eigenvalue weighted by Crippen LogP contribution is -2.16. The van der Waals surface area contributed by atoms with Gasteiger partial charge < -0.3 is 5.32 Å². The molecule has 0 aliphatic heterocycles. The van der Waals surface area contributed by atoms with Gasteiger partial charge >= 0.3 is 6.18 Å². The van der Waals surface area contributed by atoms with Crippen LogP contribution < -0.4 is 5.32 Å². The summed E-state index contributed by atoms with van der Waals surface area (Å²) in [6.45, 7) is 0. The normalized spacial score (nSPS) is 14.0. The zero-order valence-electron chi connectivity index (χ0n) is 16.6. The largest absolute Gasteiger partial charge is 0.433 e. The van der Waals surface area contributed by atoms with Crippen molar-refractivity contribution in [1.29, 1.82) is 0 Å². The number of carbonyl (C=O) groups excluding carboxylic acids is 1. The van der Waals surface area contributed by atoms with Gasteiger partial charge in [0.2, 0.25) is 0 Å². The standard InChI is InChI=1S/C23H17F3N4OS/c24-23(25,26)20-12-17(14-10-11-14)27-21-13-18(29-30(20)21)22(31)28-16-8-4-5-9-19(16)32-15-6-2-1-3-7-15/h1-9,12-14H,10-11H2,(H,28,31). The number of carbonyl (C=O) groups is 1. The Labute approximate surface area is 185 Å². The van der Waals surface area contributed by atoms with Gasteiger partial charge in [-0.25, -0.2) is 9.50 Å². The fourth-order valence-electron chi connectivity index (χ4n) is 3.36. The number of para-hydroxylation sites is 1. The van der Waals surface area contributed by atoms with Crippen LogP contribution in [-0.4, -0.2) is 20.5 Å². The molecule has 1 aliphatic rings. The lowest BCUT2D eigenvalue weighted by atomic mass is 10.2. The van der Waals surface area contributed by atoms with Gasteiger partial charge in [-0.15, -0.1) is 0 Å². The first-order valence-corrected chi connectivity index (χ1v) is 10.8. The molecule has 162 valence electrons. The van der Waals surface area contributed by atoms with Crippen LogP contribution in [0.25, 0.3) is 5.65 Å². The number of aromatic nitrogens is 3. The molecule has 2 aromatic carbocycles. The highest BCUT2D eigenvalue weighted by Gasteiger charge is 2.37. The Hall–Kier alpha value is -3.33. The summed E-state index contributed by atoms with van der Waals surface area (Å²) in [5.74, 6) is -0.562. The fourth-order valence-corrected chi connectivity index (χ4v) is 4.28. The molecule has 9 heteroatoms. The second kappa shape index (κ2) is 7.98. The molecule has 1 N–H and O–H groups in total. The van der Waals surface area contributed by atoms with Crippen molar-refractivity contribution in [1.82, 2.24) is 14.6 Å². The maximum Gasteiger partial charge on any atom is 0.433 e. The summed E-state index contributed by atoms with van der Waals surface area (Å²) in [4.78, 5) is 19.0. The molecule has 1 saturated carbocycles. The lowest BCUT2D eigenvalue weighted by molar-refractivity contribution is -0.142. The summed E-state index contributed by atoms with van der Waals surface area (Å²) in [6.07, 6.45) is -2.97.